The molecule has 3 N–H and O–H groups in total. The number of rotatable bonds is 8. The van der Waals surface area contributed by atoms with Gasteiger partial charge in [0.25, 0.3) is 0 Å². The predicted octanol–water partition coefficient (Wildman–Crippen LogP) is 5.70. The number of piperidine rings is 2. The van der Waals surface area contributed by atoms with E-state index in [1.807, 2.05) is 18.2 Å². The number of nitrogens with zero attached hydrogens (tertiary/aromatic N) is 5. The van der Waals surface area contributed by atoms with Crippen molar-refractivity contribution in [2.24, 2.45) is 0 Å². The lowest BCUT2D eigenvalue weighted by atomic mass is 9.89. The zero-order valence-corrected chi connectivity index (χ0v) is 30.7. The first-order valence-electron chi connectivity index (χ1n) is 19.3. The molecule has 6 heterocycles. The van der Waals surface area contributed by atoms with E-state index in [9.17, 15) is 19.1 Å². The molecule has 9 rings (SSSR count). The first-order valence-corrected chi connectivity index (χ1v) is 19.3. The van der Waals surface area contributed by atoms with E-state index < -0.39 is 11.6 Å². The number of anilines is 1. The van der Waals surface area contributed by atoms with Crippen LogP contribution in [-0.4, -0.2) is 81.1 Å². The van der Waals surface area contributed by atoms with E-state index in [-0.39, 0.29) is 81.9 Å². The van der Waals surface area contributed by atoms with Gasteiger partial charge in [0.15, 0.2) is 5.82 Å². The number of phenols is 1. The smallest absolute Gasteiger partial charge is 0.319 e. The molecule has 0 aliphatic carbocycles. The van der Waals surface area contributed by atoms with Crippen LogP contribution in [0.4, 0.5) is 14.6 Å². The van der Waals surface area contributed by atoms with Gasteiger partial charge < -0.3 is 20.1 Å². The Morgan fingerprint density at radius 1 is 1.00 bits per heavy atom. The van der Waals surface area contributed by atoms with Gasteiger partial charge in [0.05, 0.1) is 16.9 Å². The Bertz CT molecular complexity index is 2420. The second-order valence-electron chi connectivity index (χ2n) is 15.4. The van der Waals surface area contributed by atoms with Crippen molar-refractivity contribution in [3.8, 4) is 35.4 Å². The zero-order chi connectivity index (χ0) is 38.5. The number of hydrogen-bond donors (Lipinski definition) is 3. The summed E-state index contributed by atoms with van der Waals surface area (Å²) in [6, 6.07) is 14.1. The number of ether oxygens (including phenoxy) is 1. The summed E-state index contributed by atoms with van der Waals surface area (Å²) in [6.45, 7) is 3.13. The van der Waals surface area contributed by atoms with Crippen molar-refractivity contribution in [3.63, 3.8) is 0 Å². The van der Waals surface area contributed by atoms with Gasteiger partial charge in [-0.25, -0.2) is 8.78 Å². The normalized spacial score (nSPS) is 22.7. The molecular formula is C43H41F2N7O4. The number of terminal acetylenes is 1. The molecular weight excluding hydrogens is 717 g/mol. The van der Waals surface area contributed by atoms with Crippen LogP contribution >= 0.6 is 0 Å². The number of imide groups is 1. The van der Waals surface area contributed by atoms with E-state index in [4.69, 9.17) is 16.1 Å². The highest BCUT2D eigenvalue weighted by molar-refractivity contribution is 6.03. The average molecular weight is 758 g/mol. The molecule has 0 saturated carbocycles. The molecule has 2 amide bonds. The van der Waals surface area contributed by atoms with Crippen molar-refractivity contribution < 1.29 is 28.2 Å². The summed E-state index contributed by atoms with van der Waals surface area (Å²) in [5.74, 6) is 0.524. The highest BCUT2D eigenvalue weighted by Gasteiger charge is 2.35. The van der Waals surface area contributed by atoms with Crippen molar-refractivity contribution in [2.45, 2.75) is 75.5 Å². The molecule has 5 aromatic rings. The van der Waals surface area contributed by atoms with Crippen molar-refractivity contribution in [1.29, 1.82) is 0 Å². The third-order valence-electron chi connectivity index (χ3n) is 11.7. The molecule has 3 aromatic carbocycles. The van der Waals surface area contributed by atoms with Gasteiger partial charge in [-0.1, -0.05) is 42.7 Å². The zero-order valence-electron chi connectivity index (χ0n) is 30.7. The minimum Gasteiger partial charge on any atom is -0.508 e. The minimum atomic E-state index is -0.761. The van der Waals surface area contributed by atoms with Crippen LogP contribution in [0.15, 0.2) is 54.7 Å². The van der Waals surface area contributed by atoms with Crippen molar-refractivity contribution in [3.05, 3.63) is 83.1 Å². The predicted molar refractivity (Wildman–Crippen MR) is 207 cm³/mol. The van der Waals surface area contributed by atoms with Crippen LogP contribution in [0.25, 0.3) is 32.9 Å². The van der Waals surface area contributed by atoms with Crippen molar-refractivity contribution in [1.82, 2.24) is 30.5 Å². The van der Waals surface area contributed by atoms with E-state index in [0.29, 0.717) is 49.1 Å². The standard InChI is InChI=1S/C43H41F2N7O4/c1-2-31-35(44)13-9-26-17-30(53)18-33(37(26)31)39-38(45)40-34(19-46-39)41(52-21-27-10-11-28(22-52)47-27)50-43(49-40)56-23-29-8-3-4-15-51(29)20-24-6-5-7-25(16-24)32-12-14-36(54)48-42(32)55/h1,5-7,9,13,16-19,27-29,32,47,53H,3-4,8,10-12,14-15,20-23H2,(H,48,54,55)/t27-,28+,29-,32?/m0/s1. The molecule has 4 atom stereocenters. The van der Waals surface area contributed by atoms with Crippen LogP contribution < -0.4 is 20.3 Å². The van der Waals surface area contributed by atoms with E-state index >= 15 is 4.39 Å². The number of fused-ring (bicyclic) bond motifs is 4. The van der Waals surface area contributed by atoms with E-state index in [1.54, 1.807) is 0 Å². The summed E-state index contributed by atoms with van der Waals surface area (Å²) in [7, 11) is 0. The second-order valence-corrected chi connectivity index (χ2v) is 15.4. The monoisotopic (exact) mass is 757 g/mol. The molecule has 13 heteroatoms. The highest BCUT2D eigenvalue weighted by atomic mass is 19.1. The fourth-order valence-corrected chi connectivity index (χ4v) is 9.02. The van der Waals surface area contributed by atoms with Crippen molar-refractivity contribution >= 4 is 39.3 Å². The van der Waals surface area contributed by atoms with Gasteiger partial charge in [0, 0.05) is 61.3 Å². The number of aromatic hydroxyl groups is 1. The van der Waals surface area contributed by atoms with Gasteiger partial charge in [0.1, 0.15) is 35.2 Å². The topological polar surface area (TPSA) is 133 Å². The molecule has 11 nitrogen and oxygen atoms in total. The maximum Gasteiger partial charge on any atom is 0.319 e. The fourth-order valence-electron chi connectivity index (χ4n) is 9.02. The molecule has 2 aromatic heterocycles. The lowest BCUT2D eigenvalue weighted by Gasteiger charge is -2.36. The van der Waals surface area contributed by atoms with Gasteiger partial charge in [-0.15, -0.1) is 6.42 Å². The molecule has 0 radical (unpaired) electrons. The number of pyridine rings is 1. The molecule has 286 valence electrons. The Labute approximate surface area is 322 Å². The number of phenolic OH excluding ortho intramolecular Hbond substituents is 1. The largest absolute Gasteiger partial charge is 0.508 e. The highest BCUT2D eigenvalue weighted by Crippen LogP contribution is 2.39. The number of carbonyl (C=O) groups excluding carboxylic acids is 2. The number of halogens is 2. The summed E-state index contributed by atoms with van der Waals surface area (Å²) >= 11 is 0. The van der Waals surface area contributed by atoms with Crippen LogP contribution in [0.5, 0.6) is 11.8 Å². The van der Waals surface area contributed by atoms with Crippen LogP contribution in [0, 0.1) is 24.0 Å². The van der Waals surface area contributed by atoms with Crippen LogP contribution in [0.2, 0.25) is 0 Å². The van der Waals surface area contributed by atoms with Crippen molar-refractivity contribution in [2.75, 3.05) is 31.1 Å². The summed E-state index contributed by atoms with van der Waals surface area (Å²) < 4.78 is 38.4. The summed E-state index contributed by atoms with van der Waals surface area (Å²) in [6.07, 6.45) is 13.1. The quantitative estimate of drug-likeness (QED) is 0.134. The van der Waals surface area contributed by atoms with Gasteiger partial charge >= 0.3 is 6.01 Å². The fraction of sp³-hybridized carbons (Fsp3) is 0.372. The molecule has 0 spiro atoms. The Morgan fingerprint density at radius 3 is 2.64 bits per heavy atom. The number of piperazine rings is 1. The number of nitrogens with one attached hydrogen (secondary N) is 2. The number of benzene rings is 3. The first-order chi connectivity index (χ1) is 27.2. The molecule has 4 fully saturated rings. The minimum absolute atomic E-state index is 0.00166. The Hall–Kier alpha value is -5.71. The molecule has 2 bridgehead atoms. The summed E-state index contributed by atoms with van der Waals surface area (Å²) in [4.78, 5) is 42.9. The van der Waals surface area contributed by atoms with Crippen LogP contribution in [-0.2, 0) is 16.1 Å². The summed E-state index contributed by atoms with van der Waals surface area (Å²) in [5.41, 5.74) is 1.92. The second kappa shape index (κ2) is 14.7. The van der Waals surface area contributed by atoms with E-state index in [0.717, 1.165) is 49.8 Å². The Balaban J connectivity index is 1.05. The maximum absolute atomic E-state index is 17.0. The Kier molecular flexibility index (Phi) is 9.47. The SMILES string of the molecule is C#Cc1c(F)ccc2cc(O)cc(-c3ncc4c(N5C[C@H]6CC[C@@H](C5)N6)nc(OC[C@@H]5CCCCN5Cc5cccc(C6CCC(=O)NC6=O)c5)nc4c3F)c12. The van der Waals surface area contributed by atoms with Gasteiger partial charge in [-0.2, -0.15) is 9.97 Å². The number of hydrogen-bond acceptors (Lipinski definition) is 10. The number of carbonyl (C=O) groups is 2. The van der Waals surface area contributed by atoms with Gasteiger partial charge in [-0.05, 0) is 73.4 Å². The number of likely N-dealkylation sites (tertiary alicyclic amines) is 1. The third-order valence-corrected chi connectivity index (χ3v) is 11.7. The number of aromatic nitrogens is 3. The van der Waals surface area contributed by atoms with Crippen LogP contribution in [0.3, 0.4) is 0 Å². The van der Waals surface area contributed by atoms with E-state index in [2.05, 4.69) is 42.4 Å². The lowest BCUT2D eigenvalue weighted by molar-refractivity contribution is -0.134. The van der Waals surface area contributed by atoms with Gasteiger partial charge in [-0.3, -0.25) is 24.8 Å². The van der Waals surface area contributed by atoms with Gasteiger partial charge in [0.2, 0.25) is 11.8 Å². The summed E-state index contributed by atoms with van der Waals surface area (Å²) in [5, 5.41) is 17.9. The molecule has 56 heavy (non-hydrogen) atoms. The van der Waals surface area contributed by atoms with E-state index in [1.165, 1.54) is 30.5 Å². The number of amides is 2. The maximum atomic E-state index is 17.0. The molecule has 4 aliphatic heterocycles. The molecule has 1 unspecified atom stereocenters. The average Bonchev–Trinajstić information content (AvgIpc) is 3.54. The van der Waals surface area contributed by atoms with Crippen LogP contribution in [0.1, 0.15) is 67.6 Å². The lowest BCUT2D eigenvalue weighted by Crippen LogP contribution is -2.51. The third kappa shape index (κ3) is 6.77. The molecule has 4 aliphatic rings. The first kappa shape index (κ1) is 36.0. The molecule has 4 saturated heterocycles. The Morgan fingerprint density at radius 2 is 1.84 bits per heavy atom.